The molecule has 0 saturated heterocycles. The maximum atomic E-state index is 12.0. The highest BCUT2D eigenvalue weighted by molar-refractivity contribution is 7.90. The number of carbonyl (C=O) groups excluding carboxylic acids is 1. The van der Waals surface area contributed by atoms with Gasteiger partial charge in [0, 0.05) is 23.8 Å². The third-order valence-corrected chi connectivity index (χ3v) is 4.10. The second kappa shape index (κ2) is 6.05. The largest absolute Gasteiger partial charge is 0.326 e. The van der Waals surface area contributed by atoms with Crippen molar-refractivity contribution in [2.24, 2.45) is 0 Å². The first-order chi connectivity index (χ1) is 9.86. The van der Waals surface area contributed by atoms with Crippen LogP contribution in [0.1, 0.15) is 11.3 Å². The average molecular weight is 304 g/mol. The quantitative estimate of drug-likeness (QED) is 0.937. The van der Waals surface area contributed by atoms with Gasteiger partial charge in [-0.1, -0.05) is 18.2 Å². The van der Waals surface area contributed by atoms with E-state index < -0.39 is 9.84 Å². The number of pyridine rings is 1. The number of hydrogen-bond donors (Lipinski definition) is 1. The summed E-state index contributed by atoms with van der Waals surface area (Å²) in [7, 11) is -3.35. The Balaban J connectivity index is 2.17. The van der Waals surface area contributed by atoms with Crippen LogP contribution < -0.4 is 5.32 Å². The summed E-state index contributed by atoms with van der Waals surface area (Å²) in [4.78, 5) is 16.3. The van der Waals surface area contributed by atoms with Crippen molar-refractivity contribution in [3.63, 3.8) is 0 Å². The minimum Gasteiger partial charge on any atom is -0.326 e. The van der Waals surface area contributed by atoms with Crippen LogP contribution in [0.3, 0.4) is 0 Å². The van der Waals surface area contributed by atoms with Gasteiger partial charge >= 0.3 is 0 Å². The lowest BCUT2D eigenvalue weighted by Crippen LogP contribution is -2.16. The summed E-state index contributed by atoms with van der Waals surface area (Å²) in [5.74, 6) is -0.267. The van der Waals surface area contributed by atoms with Crippen molar-refractivity contribution in [2.45, 2.75) is 18.2 Å². The Morgan fingerprint density at radius 1 is 1.24 bits per heavy atom. The van der Waals surface area contributed by atoms with E-state index in [1.165, 1.54) is 6.07 Å². The first kappa shape index (κ1) is 15.2. The average Bonchev–Trinajstić information content (AvgIpc) is 2.37. The standard InChI is InChI=1S/C15H16N2O3S/c1-11-9-13(7-8-16-11)17-15(18)10-12-5-3-4-6-14(12)21(2,19)20/h3-9H,10H2,1-2H3,(H,16,17,18). The van der Waals surface area contributed by atoms with Gasteiger partial charge in [-0.05, 0) is 30.7 Å². The number of rotatable bonds is 4. The Kier molecular flexibility index (Phi) is 4.37. The Morgan fingerprint density at radius 2 is 1.95 bits per heavy atom. The zero-order valence-electron chi connectivity index (χ0n) is 11.8. The van der Waals surface area contributed by atoms with E-state index >= 15 is 0 Å². The summed E-state index contributed by atoms with van der Waals surface area (Å²) in [6, 6.07) is 9.95. The molecule has 2 rings (SSSR count). The number of anilines is 1. The Labute approximate surface area is 124 Å². The van der Waals surface area contributed by atoms with Gasteiger partial charge in [-0.2, -0.15) is 0 Å². The maximum Gasteiger partial charge on any atom is 0.228 e. The molecule has 1 aromatic carbocycles. The van der Waals surface area contributed by atoms with Crippen molar-refractivity contribution in [3.8, 4) is 0 Å². The molecule has 0 spiro atoms. The third kappa shape index (κ3) is 4.13. The molecule has 1 amide bonds. The number of benzene rings is 1. The SMILES string of the molecule is Cc1cc(NC(=O)Cc2ccccc2S(C)(=O)=O)ccn1. The van der Waals surface area contributed by atoms with Gasteiger partial charge in [0.25, 0.3) is 0 Å². The van der Waals surface area contributed by atoms with Crippen LogP contribution in [-0.4, -0.2) is 25.6 Å². The van der Waals surface area contributed by atoms with Crippen LogP contribution in [0.2, 0.25) is 0 Å². The monoisotopic (exact) mass is 304 g/mol. The van der Waals surface area contributed by atoms with Gasteiger partial charge in [-0.25, -0.2) is 8.42 Å². The van der Waals surface area contributed by atoms with Crippen molar-refractivity contribution < 1.29 is 13.2 Å². The molecule has 0 fully saturated rings. The molecule has 0 saturated carbocycles. The van der Waals surface area contributed by atoms with Crippen LogP contribution in [0.25, 0.3) is 0 Å². The van der Waals surface area contributed by atoms with Crippen molar-refractivity contribution in [1.82, 2.24) is 4.98 Å². The predicted octanol–water partition coefficient (Wildman–Crippen LogP) is 1.97. The molecule has 0 aliphatic heterocycles. The van der Waals surface area contributed by atoms with Crippen molar-refractivity contribution >= 4 is 21.4 Å². The van der Waals surface area contributed by atoms with Gasteiger partial charge in [-0.15, -0.1) is 0 Å². The fourth-order valence-electron chi connectivity index (χ4n) is 2.01. The number of aryl methyl sites for hydroxylation is 1. The van der Waals surface area contributed by atoms with Crippen molar-refractivity contribution in [3.05, 3.63) is 53.9 Å². The molecule has 1 N–H and O–H groups in total. The molecule has 0 radical (unpaired) electrons. The number of carbonyl (C=O) groups is 1. The van der Waals surface area contributed by atoms with E-state index in [9.17, 15) is 13.2 Å². The van der Waals surface area contributed by atoms with Crippen LogP contribution >= 0.6 is 0 Å². The molecular formula is C15H16N2O3S. The summed E-state index contributed by atoms with van der Waals surface area (Å²) >= 11 is 0. The molecule has 21 heavy (non-hydrogen) atoms. The van der Waals surface area contributed by atoms with Crippen LogP contribution in [0.15, 0.2) is 47.5 Å². The maximum absolute atomic E-state index is 12.0. The molecule has 0 unspecified atom stereocenters. The van der Waals surface area contributed by atoms with Gasteiger partial charge < -0.3 is 5.32 Å². The molecule has 1 heterocycles. The normalized spacial score (nSPS) is 11.1. The molecular weight excluding hydrogens is 288 g/mol. The van der Waals surface area contributed by atoms with E-state index in [1.54, 1.807) is 36.5 Å². The van der Waals surface area contributed by atoms with Crippen molar-refractivity contribution in [2.75, 3.05) is 11.6 Å². The highest BCUT2D eigenvalue weighted by Crippen LogP contribution is 2.16. The topological polar surface area (TPSA) is 76.1 Å². The minimum absolute atomic E-state index is 0.00458. The first-order valence-electron chi connectivity index (χ1n) is 6.37. The summed E-state index contributed by atoms with van der Waals surface area (Å²) in [5.41, 5.74) is 1.93. The summed E-state index contributed by atoms with van der Waals surface area (Å²) in [6.45, 7) is 1.83. The predicted molar refractivity (Wildman–Crippen MR) is 80.9 cm³/mol. The smallest absolute Gasteiger partial charge is 0.228 e. The van der Waals surface area contributed by atoms with Crippen LogP contribution in [-0.2, 0) is 21.1 Å². The Morgan fingerprint density at radius 3 is 2.62 bits per heavy atom. The highest BCUT2D eigenvalue weighted by atomic mass is 32.2. The molecule has 110 valence electrons. The number of aromatic nitrogens is 1. The second-order valence-corrected chi connectivity index (χ2v) is 6.77. The summed E-state index contributed by atoms with van der Waals surface area (Å²) < 4.78 is 23.4. The molecule has 0 aliphatic rings. The van der Waals surface area contributed by atoms with E-state index in [2.05, 4.69) is 10.3 Å². The van der Waals surface area contributed by atoms with Gasteiger partial charge in [0.05, 0.1) is 11.3 Å². The van der Waals surface area contributed by atoms with Crippen LogP contribution in [0.5, 0.6) is 0 Å². The first-order valence-corrected chi connectivity index (χ1v) is 8.26. The lowest BCUT2D eigenvalue weighted by atomic mass is 10.1. The zero-order valence-corrected chi connectivity index (χ0v) is 12.6. The van der Waals surface area contributed by atoms with Gasteiger partial charge in [-0.3, -0.25) is 9.78 Å². The molecule has 0 atom stereocenters. The summed E-state index contributed by atoms with van der Waals surface area (Å²) in [5, 5.41) is 2.74. The van der Waals surface area contributed by atoms with E-state index in [1.807, 2.05) is 6.92 Å². The number of nitrogens with zero attached hydrogens (tertiary/aromatic N) is 1. The summed E-state index contributed by atoms with van der Waals surface area (Å²) in [6.07, 6.45) is 2.75. The van der Waals surface area contributed by atoms with Gasteiger partial charge in [0.1, 0.15) is 0 Å². The van der Waals surface area contributed by atoms with Crippen LogP contribution in [0, 0.1) is 6.92 Å². The number of amides is 1. The second-order valence-electron chi connectivity index (χ2n) is 4.79. The number of sulfone groups is 1. The van der Waals surface area contributed by atoms with E-state index in [-0.39, 0.29) is 17.2 Å². The minimum atomic E-state index is -3.35. The van der Waals surface area contributed by atoms with Crippen molar-refractivity contribution in [1.29, 1.82) is 0 Å². The third-order valence-electron chi connectivity index (χ3n) is 2.90. The van der Waals surface area contributed by atoms with Gasteiger partial charge in [0.2, 0.25) is 5.91 Å². The number of hydrogen-bond acceptors (Lipinski definition) is 4. The Bertz CT molecular complexity index is 770. The van der Waals surface area contributed by atoms with E-state index in [0.717, 1.165) is 11.9 Å². The Hall–Kier alpha value is -2.21. The molecule has 1 aromatic heterocycles. The molecule has 0 aliphatic carbocycles. The zero-order chi connectivity index (χ0) is 15.5. The molecule has 6 heteroatoms. The van der Waals surface area contributed by atoms with Crippen LogP contribution in [0.4, 0.5) is 5.69 Å². The fourth-order valence-corrected chi connectivity index (χ4v) is 2.96. The molecule has 5 nitrogen and oxygen atoms in total. The lowest BCUT2D eigenvalue weighted by molar-refractivity contribution is -0.115. The fraction of sp³-hybridized carbons (Fsp3) is 0.200. The molecule has 0 bridgehead atoms. The highest BCUT2D eigenvalue weighted by Gasteiger charge is 2.15. The number of nitrogens with one attached hydrogen (secondary N) is 1. The molecule has 2 aromatic rings. The van der Waals surface area contributed by atoms with E-state index in [0.29, 0.717) is 11.3 Å². The lowest BCUT2D eigenvalue weighted by Gasteiger charge is -2.09. The van der Waals surface area contributed by atoms with E-state index in [4.69, 9.17) is 0 Å². The van der Waals surface area contributed by atoms with Gasteiger partial charge in [0.15, 0.2) is 9.84 Å².